The zero-order chi connectivity index (χ0) is 18.0. The molecule has 1 fully saturated rings. The highest BCUT2D eigenvalue weighted by molar-refractivity contribution is 6.31. The Balaban J connectivity index is 1.67. The summed E-state index contributed by atoms with van der Waals surface area (Å²) in [6.45, 7) is 0.382. The Kier molecular flexibility index (Phi) is 4.85. The number of urea groups is 1. The first-order valence-corrected chi connectivity index (χ1v) is 8.01. The van der Waals surface area contributed by atoms with E-state index in [0.717, 1.165) is 0 Å². The van der Waals surface area contributed by atoms with Crippen LogP contribution in [0.25, 0.3) is 0 Å². The van der Waals surface area contributed by atoms with Gasteiger partial charge in [0.2, 0.25) is 5.91 Å². The number of carbonyl (C=O) groups excluding carboxylic acids is 2. The van der Waals surface area contributed by atoms with Gasteiger partial charge >= 0.3 is 6.03 Å². The number of pyridine rings is 1. The molecule has 1 aliphatic heterocycles. The van der Waals surface area contributed by atoms with Crippen molar-refractivity contribution in [2.45, 2.75) is 12.6 Å². The molecule has 1 aliphatic rings. The maximum Gasteiger partial charge on any atom is 0.325 e. The largest absolute Gasteiger partial charge is 0.350 e. The number of halogens is 2. The normalized spacial score (nSPS) is 17.1. The van der Waals surface area contributed by atoms with Crippen molar-refractivity contribution in [1.29, 1.82) is 0 Å². The second-order valence-corrected chi connectivity index (χ2v) is 6.09. The van der Waals surface area contributed by atoms with Crippen molar-refractivity contribution in [2.24, 2.45) is 0 Å². The van der Waals surface area contributed by atoms with Crippen LogP contribution < -0.4 is 10.2 Å². The Hall–Kier alpha value is -2.67. The molecular formula is C17H16ClFN4O2. The molecule has 1 N–H and O–H groups in total. The summed E-state index contributed by atoms with van der Waals surface area (Å²) in [5, 5.41) is 2.99. The molecule has 25 heavy (non-hydrogen) atoms. The Bertz CT molecular complexity index is 802. The van der Waals surface area contributed by atoms with Gasteiger partial charge < -0.3 is 10.2 Å². The molecule has 3 rings (SSSR count). The first-order valence-electron chi connectivity index (χ1n) is 7.63. The number of nitrogens with one attached hydrogen (secondary N) is 1. The van der Waals surface area contributed by atoms with Crippen LogP contribution in [0.1, 0.15) is 5.56 Å². The summed E-state index contributed by atoms with van der Waals surface area (Å²) in [6.07, 6.45) is 3.19. The van der Waals surface area contributed by atoms with E-state index in [1.165, 1.54) is 28.0 Å². The van der Waals surface area contributed by atoms with Crippen LogP contribution in [0.3, 0.4) is 0 Å². The fourth-order valence-electron chi connectivity index (χ4n) is 2.65. The number of carbonyl (C=O) groups is 2. The summed E-state index contributed by atoms with van der Waals surface area (Å²) in [5.74, 6) is -0.740. The predicted molar refractivity (Wildman–Crippen MR) is 91.8 cm³/mol. The average molecular weight is 363 g/mol. The van der Waals surface area contributed by atoms with Crippen LogP contribution in [0.5, 0.6) is 0 Å². The second-order valence-electron chi connectivity index (χ2n) is 5.68. The summed E-state index contributed by atoms with van der Waals surface area (Å²) < 4.78 is 13.1. The molecule has 3 amide bonds. The molecule has 1 atom stereocenters. The fourth-order valence-corrected chi connectivity index (χ4v) is 2.88. The minimum Gasteiger partial charge on any atom is -0.350 e. The van der Waals surface area contributed by atoms with Crippen molar-refractivity contribution in [1.82, 2.24) is 15.2 Å². The molecule has 130 valence electrons. The van der Waals surface area contributed by atoms with Gasteiger partial charge in [-0.25, -0.2) is 9.18 Å². The van der Waals surface area contributed by atoms with Crippen LogP contribution in [0.4, 0.5) is 14.9 Å². The predicted octanol–water partition coefficient (Wildman–Crippen LogP) is 2.43. The summed E-state index contributed by atoms with van der Waals surface area (Å²) in [4.78, 5) is 31.7. The molecule has 0 saturated carbocycles. The molecule has 1 aromatic heterocycles. The molecule has 1 aromatic carbocycles. The highest BCUT2D eigenvalue weighted by atomic mass is 35.5. The van der Waals surface area contributed by atoms with E-state index in [-0.39, 0.29) is 30.1 Å². The van der Waals surface area contributed by atoms with Gasteiger partial charge in [-0.15, -0.1) is 0 Å². The molecular weight excluding hydrogens is 347 g/mol. The van der Waals surface area contributed by atoms with E-state index in [2.05, 4.69) is 10.3 Å². The van der Waals surface area contributed by atoms with Crippen molar-refractivity contribution in [2.75, 3.05) is 18.5 Å². The Morgan fingerprint density at radius 1 is 1.44 bits per heavy atom. The number of amides is 3. The molecule has 2 heterocycles. The monoisotopic (exact) mass is 362 g/mol. The van der Waals surface area contributed by atoms with Gasteiger partial charge in [-0.3, -0.25) is 14.7 Å². The van der Waals surface area contributed by atoms with Crippen molar-refractivity contribution >= 4 is 29.2 Å². The number of hydrogen-bond acceptors (Lipinski definition) is 3. The van der Waals surface area contributed by atoms with Crippen molar-refractivity contribution in [3.05, 3.63) is 59.1 Å². The minimum absolute atomic E-state index is 0.156. The Labute approximate surface area is 149 Å². The molecule has 0 aliphatic carbocycles. The van der Waals surface area contributed by atoms with E-state index in [4.69, 9.17) is 11.6 Å². The number of likely N-dealkylation sites (N-methyl/N-ethyl adjacent to an activating group) is 1. The van der Waals surface area contributed by atoms with Gasteiger partial charge in [0.25, 0.3) is 0 Å². The van der Waals surface area contributed by atoms with Gasteiger partial charge in [-0.2, -0.15) is 0 Å². The number of benzene rings is 1. The molecule has 0 spiro atoms. The first-order chi connectivity index (χ1) is 12.0. The quantitative estimate of drug-likeness (QED) is 0.908. The van der Waals surface area contributed by atoms with Gasteiger partial charge in [0.15, 0.2) is 0 Å². The van der Waals surface area contributed by atoms with E-state index in [0.29, 0.717) is 11.3 Å². The van der Waals surface area contributed by atoms with Crippen LogP contribution in [-0.4, -0.2) is 41.5 Å². The zero-order valence-corrected chi connectivity index (χ0v) is 14.2. The van der Waals surface area contributed by atoms with Crippen LogP contribution in [0.15, 0.2) is 42.7 Å². The lowest BCUT2D eigenvalue weighted by Crippen LogP contribution is -2.43. The molecule has 1 saturated heterocycles. The van der Waals surface area contributed by atoms with Crippen molar-refractivity contribution in [3.8, 4) is 0 Å². The van der Waals surface area contributed by atoms with Crippen LogP contribution in [-0.2, 0) is 11.3 Å². The second kappa shape index (κ2) is 7.06. The molecule has 1 unspecified atom stereocenters. The van der Waals surface area contributed by atoms with Gasteiger partial charge in [0, 0.05) is 24.8 Å². The topological polar surface area (TPSA) is 65.5 Å². The average Bonchev–Trinajstić information content (AvgIpc) is 2.90. The summed E-state index contributed by atoms with van der Waals surface area (Å²) in [5.41, 5.74) is 1.24. The third kappa shape index (κ3) is 3.56. The minimum atomic E-state index is -0.632. The van der Waals surface area contributed by atoms with Crippen molar-refractivity contribution in [3.63, 3.8) is 0 Å². The van der Waals surface area contributed by atoms with Crippen LogP contribution in [0, 0.1) is 5.82 Å². The van der Waals surface area contributed by atoms with E-state index in [1.54, 1.807) is 31.6 Å². The van der Waals surface area contributed by atoms with E-state index >= 15 is 0 Å². The highest BCUT2D eigenvalue weighted by Crippen LogP contribution is 2.22. The third-order valence-electron chi connectivity index (χ3n) is 4.08. The number of nitrogens with zero attached hydrogens (tertiary/aromatic N) is 3. The van der Waals surface area contributed by atoms with Crippen LogP contribution >= 0.6 is 11.6 Å². The molecule has 0 bridgehead atoms. The number of hydrogen-bond donors (Lipinski definition) is 1. The van der Waals surface area contributed by atoms with Crippen LogP contribution in [0.2, 0.25) is 5.02 Å². The highest BCUT2D eigenvalue weighted by Gasteiger charge is 2.39. The lowest BCUT2D eigenvalue weighted by atomic mass is 10.2. The summed E-state index contributed by atoms with van der Waals surface area (Å²) >= 11 is 5.96. The Morgan fingerprint density at radius 3 is 2.92 bits per heavy atom. The molecule has 0 radical (unpaired) electrons. The van der Waals surface area contributed by atoms with Crippen molar-refractivity contribution < 1.29 is 14.0 Å². The third-order valence-corrected chi connectivity index (χ3v) is 4.44. The van der Waals surface area contributed by atoms with Gasteiger partial charge in [0.05, 0.1) is 18.4 Å². The molecule has 6 nitrogen and oxygen atoms in total. The zero-order valence-electron chi connectivity index (χ0n) is 13.4. The number of anilines is 1. The van der Waals surface area contributed by atoms with Gasteiger partial charge in [0.1, 0.15) is 11.9 Å². The van der Waals surface area contributed by atoms with E-state index in [1.807, 2.05) is 0 Å². The van der Waals surface area contributed by atoms with Gasteiger partial charge in [-0.1, -0.05) is 17.7 Å². The SMILES string of the molecule is CN1C(=O)N(c2cccnc2)CC1C(=O)NCc1ccc(F)cc1Cl. The first kappa shape index (κ1) is 17.2. The fraction of sp³-hybridized carbons (Fsp3) is 0.235. The molecule has 8 heteroatoms. The number of aromatic nitrogens is 1. The van der Waals surface area contributed by atoms with E-state index in [9.17, 15) is 14.0 Å². The summed E-state index contributed by atoms with van der Waals surface area (Å²) in [6, 6.07) is 6.58. The lowest BCUT2D eigenvalue weighted by Gasteiger charge is -2.17. The number of rotatable bonds is 4. The smallest absolute Gasteiger partial charge is 0.325 e. The van der Waals surface area contributed by atoms with E-state index < -0.39 is 11.9 Å². The Morgan fingerprint density at radius 2 is 2.24 bits per heavy atom. The summed E-state index contributed by atoms with van der Waals surface area (Å²) in [7, 11) is 1.58. The van der Waals surface area contributed by atoms with Gasteiger partial charge in [-0.05, 0) is 29.8 Å². The standard InChI is InChI=1S/C17H16ClFN4O2/c1-22-15(10-23(17(22)25)13-3-2-6-20-9-13)16(24)21-8-11-4-5-12(19)7-14(11)18/h2-7,9,15H,8,10H2,1H3,(H,21,24). The lowest BCUT2D eigenvalue weighted by molar-refractivity contribution is -0.124. The maximum atomic E-state index is 13.1. The molecule has 2 aromatic rings. The maximum absolute atomic E-state index is 13.1.